The fourth-order valence-electron chi connectivity index (χ4n) is 2.13. The largest absolute Gasteiger partial charge is 0.443 e. The first-order valence-electron chi connectivity index (χ1n) is 7.53. The molecule has 1 N–H and O–H groups in total. The minimum Gasteiger partial charge on any atom is -0.440 e. The average Bonchev–Trinajstić information content (AvgIpc) is 2.46. The van der Waals surface area contributed by atoms with Crippen LogP contribution in [0.3, 0.4) is 0 Å². The Bertz CT molecular complexity index is 668. The maximum Gasteiger partial charge on any atom is 0.443 e. The maximum absolute atomic E-state index is 12.8. The van der Waals surface area contributed by atoms with Crippen LogP contribution in [0.4, 0.5) is 4.79 Å². The van der Waals surface area contributed by atoms with Crippen molar-refractivity contribution in [3.8, 4) is 0 Å². The number of carbonyl (C=O) groups is 2. The molecule has 8 heteroatoms. The van der Waals surface area contributed by atoms with Crippen LogP contribution < -0.4 is 4.72 Å². The van der Waals surface area contributed by atoms with Gasteiger partial charge in [-0.1, -0.05) is 37.3 Å². The molecule has 1 rings (SSSR count). The van der Waals surface area contributed by atoms with E-state index in [-0.39, 0.29) is 11.7 Å². The van der Waals surface area contributed by atoms with E-state index < -0.39 is 28.0 Å². The molecule has 3 atom stereocenters. The minimum absolute atomic E-state index is 0.00472. The summed E-state index contributed by atoms with van der Waals surface area (Å²) >= 11 is 0. The highest BCUT2D eigenvalue weighted by atomic mass is 32.2. The highest BCUT2D eigenvalue weighted by Crippen LogP contribution is 2.17. The number of amides is 2. The SMILES string of the molecule is COC[C@H](C)C[S@@](=O)(=NC(=O)O[C@@H](C)c1ccccc1)NC(C)=O. The third kappa shape index (κ3) is 7.10. The van der Waals surface area contributed by atoms with Crippen molar-refractivity contribution >= 4 is 21.9 Å². The molecule has 0 aliphatic rings. The van der Waals surface area contributed by atoms with E-state index in [2.05, 4.69) is 9.08 Å². The molecule has 0 fully saturated rings. The van der Waals surface area contributed by atoms with Gasteiger partial charge in [0.2, 0.25) is 5.91 Å². The van der Waals surface area contributed by atoms with E-state index in [9.17, 15) is 13.8 Å². The summed E-state index contributed by atoms with van der Waals surface area (Å²) in [6.45, 7) is 5.03. The van der Waals surface area contributed by atoms with Crippen molar-refractivity contribution in [3.63, 3.8) is 0 Å². The number of ether oxygens (including phenoxy) is 2. The maximum atomic E-state index is 12.8. The molecule has 0 aliphatic carbocycles. The van der Waals surface area contributed by atoms with Crippen molar-refractivity contribution in [1.29, 1.82) is 0 Å². The normalized spacial score (nSPS) is 15.7. The zero-order chi connectivity index (χ0) is 18.2. The molecule has 0 aliphatic heterocycles. The molecule has 134 valence electrons. The second kappa shape index (κ2) is 9.39. The standard InChI is InChI=1S/C16H24N2O5S/c1-12(10-22-4)11-24(21,17-14(3)19)18-16(20)23-13(2)15-8-6-5-7-9-15/h5-9,12-13H,10-11H2,1-4H3,(H,17,18,19,20,21)/t12-,13-,24-/m0/s1. The number of benzene rings is 1. The summed E-state index contributed by atoms with van der Waals surface area (Å²) in [6, 6.07) is 9.12. The number of rotatable bonds is 7. The van der Waals surface area contributed by atoms with E-state index in [1.807, 2.05) is 30.3 Å². The van der Waals surface area contributed by atoms with Crippen molar-refractivity contribution in [1.82, 2.24) is 4.72 Å². The van der Waals surface area contributed by atoms with Crippen molar-refractivity contribution in [2.24, 2.45) is 10.3 Å². The highest BCUT2D eigenvalue weighted by molar-refractivity contribution is 7.92. The molecule has 7 nitrogen and oxygen atoms in total. The highest BCUT2D eigenvalue weighted by Gasteiger charge is 2.20. The van der Waals surface area contributed by atoms with E-state index in [1.165, 1.54) is 14.0 Å². The smallest absolute Gasteiger partial charge is 0.440 e. The molecule has 0 aromatic heterocycles. The molecular formula is C16H24N2O5S. The Kier molecular flexibility index (Phi) is 7.87. The van der Waals surface area contributed by atoms with Crippen molar-refractivity contribution in [3.05, 3.63) is 35.9 Å². The van der Waals surface area contributed by atoms with Gasteiger partial charge in [0, 0.05) is 20.6 Å². The predicted octanol–water partition coefficient (Wildman–Crippen LogP) is 2.69. The first-order chi connectivity index (χ1) is 11.3. The molecule has 1 aromatic rings. The van der Waals surface area contributed by atoms with Crippen molar-refractivity contribution in [2.45, 2.75) is 26.9 Å². The summed E-state index contributed by atoms with van der Waals surface area (Å²) in [5.74, 6) is -0.690. The Labute approximate surface area is 143 Å². The molecule has 0 bridgehead atoms. The quantitative estimate of drug-likeness (QED) is 0.810. The molecular weight excluding hydrogens is 332 g/mol. The zero-order valence-electron chi connectivity index (χ0n) is 14.4. The fourth-order valence-corrected chi connectivity index (χ4v) is 3.93. The van der Waals surface area contributed by atoms with Gasteiger partial charge in [-0.15, -0.1) is 4.36 Å². The van der Waals surface area contributed by atoms with Gasteiger partial charge in [-0.05, 0) is 18.4 Å². The second-order valence-electron chi connectivity index (χ2n) is 5.55. The van der Waals surface area contributed by atoms with Gasteiger partial charge in [0.25, 0.3) is 0 Å². The van der Waals surface area contributed by atoms with Crippen molar-refractivity contribution in [2.75, 3.05) is 19.5 Å². The van der Waals surface area contributed by atoms with Gasteiger partial charge in [-0.2, -0.15) is 0 Å². The van der Waals surface area contributed by atoms with Crippen molar-refractivity contribution < 1.29 is 23.3 Å². The number of methoxy groups -OCH3 is 1. The third-order valence-electron chi connectivity index (χ3n) is 3.03. The van der Waals surface area contributed by atoms with Crippen LogP contribution in [0.2, 0.25) is 0 Å². The number of nitrogens with zero attached hydrogens (tertiary/aromatic N) is 1. The van der Waals surface area contributed by atoms with Gasteiger partial charge in [0.15, 0.2) is 0 Å². The molecule has 0 spiro atoms. The van der Waals surface area contributed by atoms with Gasteiger partial charge >= 0.3 is 6.09 Å². The van der Waals surface area contributed by atoms with Gasteiger partial charge in [0.05, 0.1) is 5.75 Å². The lowest BCUT2D eigenvalue weighted by Gasteiger charge is -2.16. The summed E-state index contributed by atoms with van der Waals surface area (Å²) in [6.07, 6.45) is -1.52. The Hall–Kier alpha value is -1.93. The van der Waals surface area contributed by atoms with E-state index in [0.717, 1.165) is 5.56 Å². The third-order valence-corrected chi connectivity index (χ3v) is 5.10. The fraction of sp³-hybridized carbons (Fsp3) is 0.500. The topological polar surface area (TPSA) is 94.1 Å². The monoisotopic (exact) mass is 356 g/mol. The number of hydrogen-bond acceptors (Lipinski definition) is 5. The van der Waals surface area contributed by atoms with Gasteiger partial charge < -0.3 is 9.47 Å². The van der Waals surface area contributed by atoms with Crippen LogP contribution in [0.5, 0.6) is 0 Å². The van der Waals surface area contributed by atoms with E-state index in [0.29, 0.717) is 6.61 Å². The Morgan fingerprint density at radius 3 is 2.42 bits per heavy atom. The van der Waals surface area contributed by atoms with Crippen LogP contribution in [0, 0.1) is 5.92 Å². The predicted molar refractivity (Wildman–Crippen MR) is 91.6 cm³/mol. The second-order valence-corrected chi connectivity index (χ2v) is 7.55. The lowest BCUT2D eigenvalue weighted by molar-refractivity contribution is -0.117. The first-order valence-corrected chi connectivity index (χ1v) is 9.22. The first kappa shape index (κ1) is 20.1. The van der Waals surface area contributed by atoms with Crippen LogP contribution in [0.1, 0.15) is 32.4 Å². The van der Waals surface area contributed by atoms with Crippen LogP contribution in [0.15, 0.2) is 34.7 Å². The molecule has 0 saturated carbocycles. The molecule has 2 amide bonds. The van der Waals surface area contributed by atoms with Crippen LogP contribution >= 0.6 is 0 Å². The molecule has 0 heterocycles. The Morgan fingerprint density at radius 1 is 1.25 bits per heavy atom. The lowest BCUT2D eigenvalue weighted by atomic mass is 10.1. The number of nitrogens with one attached hydrogen (secondary N) is 1. The zero-order valence-corrected chi connectivity index (χ0v) is 15.2. The summed E-state index contributed by atoms with van der Waals surface area (Å²) in [5, 5.41) is 0. The molecule has 24 heavy (non-hydrogen) atoms. The molecule has 1 aromatic carbocycles. The van der Waals surface area contributed by atoms with Crippen LogP contribution in [0.25, 0.3) is 0 Å². The number of hydrogen-bond donors (Lipinski definition) is 1. The van der Waals surface area contributed by atoms with Gasteiger partial charge in [-0.3, -0.25) is 9.52 Å². The minimum atomic E-state index is -3.27. The lowest BCUT2D eigenvalue weighted by Crippen LogP contribution is -2.34. The Balaban J connectivity index is 2.90. The molecule has 0 radical (unpaired) electrons. The Morgan fingerprint density at radius 2 is 1.88 bits per heavy atom. The van der Waals surface area contributed by atoms with E-state index in [4.69, 9.17) is 9.47 Å². The van der Waals surface area contributed by atoms with Crippen LogP contribution in [-0.4, -0.2) is 35.7 Å². The van der Waals surface area contributed by atoms with Gasteiger partial charge in [0.1, 0.15) is 16.0 Å². The van der Waals surface area contributed by atoms with E-state index in [1.54, 1.807) is 13.8 Å². The summed E-state index contributed by atoms with van der Waals surface area (Å²) < 4.78 is 28.8. The molecule has 0 saturated heterocycles. The number of carbonyl (C=O) groups excluding carboxylic acids is 2. The van der Waals surface area contributed by atoms with E-state index >= 15 is 0 Å². The van der Waals surface area contributed by atoms with Crippen LogP contribution in [-0.2, 0) is 24.2 Å². The average molecular weight is 356 g/mol. The summed E-state index contributed by atoms with van der Waals surface area (Å²) in [4.78, 5) is 23.3. The summed E-state index contributed by atoms with van der Waals surface area (Å²) in [7, 11) is -1.75. The molecule has 0 unspecified atom stereocenters. The van der Waals surface area contributed by atoms with Gasteiger partial charge in [-0.25, -0.2) is 9.00 Å². The summed E-state index contributed by atoms with van der Waals surface area (Å²) in [5.41, 5.74) is 0.792.